The number of rotatable bonds is 9. The summed E-state index contributed by atoms with van der Waals surface area (Å²) in [5, 5.41) is 0. The van der Waals surface area contributed by atoms with Crippen molar-refractivity contribution in [2.75, 3.05) is 12.3 Å². The summed E-state index contributed by atoms with van der Waals surface area (Å²) in [6.45, 7) is 0.830. The van der Waals surface area contributed by atoms with Crippen LogP contribution >= 0.6 is 11.9 Å². The molecule has 17 heavy (non-hydrogen) atoms. The Morgan fingerprint density at radius 1 is 1.00 bits per heavy atom. The molecule has 0 aromatic rings. The predicted molar refractivity (Wildman–Crippen MR) is 75.7 cm³/mol. The Hall–Kier alpha value is 0.230. The van der Waals surface area contributed by atoms with Gasteiger partial charge in [0.15, 0.2) is 0 Å². The fraction of sp³-hybridized carbons (Fsp3) is 1.00. The number of hydrogen-bond donors (Lipinski definition) is 2. The molecule has 0 spiro atoms. The lowest BCUT2D eigenvalue weighted by Gasteiger charge is -2.14. The molecule has 0 aromatic heterocycles. The van der Waals surface area contributed by atoms with E-state index in [1.54, 1.807) is 11.9 Å². The first-order chi connectivity index (χ1) is 8.43. The maximum atomic E-state index is 5.68. The van der Waals surface area contributed by atoms with Gasteiger partial charge in [-0.1, -0.05) is 50.5 Å². The van der Waals surface area contributed by atoms with Crippen LogP contribution < -0.4 is 10.6 Å². The van der Waals surface area contributed by atoms with E-state index in [-0.39, 0.29) is 0 Å². The smallest absolute Gasteiger partial charge is 0.0801 e. The van der Waals surface area contributed by atoms with Gasteiger partial charge in [-0.15, -0.1) is 4.89 Å². The monoisotopic (exact) mass is 260 g/mol. The summed E-state index contributed by atoms with van der Waals surface area (Å²) >= 11 is 1.71. The van der Waals surface area contributed by atoms with Gasteiger partial charge in [0.2, 0.25) is 0 Å². The molecule has 1 aliphatic carbocycles. The van der Waals surface area contributed by atoms with Crippen LogP contribution in [0.2, 0.25) is 0 Å². The number of hydrogen-bond acceptors (Lipinski definition) is 4. The molecule has 1 fully saturated rings. The molecular formula is C13H28N2OS. The van der Waals surface area contributed by atoms with E-state index in [1.807, 2.05) is 0 Å². The van der Waals surface area contributed by atoms with Gasteiger partial charge in [-0.05, 0) is 32.2 Å². The number of nitrogens with two attached hydrogens (primary N) is 1. The summed E-state index contributed by atoms with van der Waals surface area (Å²) in [7, 11) is 0. The average molecular weight is 260 g/mol. The van der Waals surface area contributed by atoms with Gasteiger partial charge in [0, 0.05) is 5.75 Å². The Balaban J connectivity index is 1.82. The van der Waals surface area contributed by atoms with Crippen molar-refractivity contribution in [1.82, 2.24) is 4.89 Å². The van der Waals surface area contributed by atoms with Crippen molar-refractivity contribution in [3.63, 3.8) is 0 Å². The molecule has 0 unspecified atom stereocenters. The highest BCUT2D eigenvalue weighted by Gasteiger charge is 2.12. The van der Waals surface area contributed by atoms with E-state index in [0.29, 0.717) is 6.10 Å². The summed E-state index contributed by atoms with van der Waals surface area (Å²) in [5.41, 5.74) is 5.45. The van der Waals surface area contributed by atoms with E-state index in [1.165, 1.54) is 57.8 Å². The Morgan fingerprint density at radius 3 is 2.41 bits per heavy atom. The molecule has 0 aromatic carbocycles. The molecule has 0 heterocycles. The summed E-state index contributed by atoms with van der Waals surface area (Å²) in [4.78, 5) is 8.75. The van der Waals surface area contributed by atoms with E-state index in [4.69, 9.17) is 10.6 Å². The van der Waals surface area contributed by atoms with Crippen LogP contribution in [0.15, 0.2) is 0 Å². The Morgan fingerprint density at radius 2 is 1.71 bits per heavy atom. The van der Waals surface area contributed by atoms with Gasteiger partial charge in [0.1, 0.15) is 0 Å². The van der Waals surface area contributed by atoms with Gasteiger partial charge in [-0.2, -0.15) is 0 Å². The highest BCUT2D eigenvalue weighted by atomic mass is 32.2. The lowest BCUT2D eigenvalue weighted by atomic mass is 10.2. The van der Waals surface area contributed by atoms with Crippen LogP contribution in [0.3, 0.4) is 0 Å². The first-order valence-electron chi connectivity index (χ1n) is 7.16. The fourth-order valence-electron chi connectivity index (χ4n) is 2.18. The van der Waals surface area contributed by atoms with Crippen molar-refractivity contribution in [3.8, 4) is 0 Å². The maximum absolute atomic E-state index is 5.68. The van der Waals surface area contributed by atoms with Gasteiger partial charge in [-0.25, -0.2) is 0 Å². The normalized spacial score (nSPS) is 18.2. The number of unbranched alkanes of at least 4 members (excludes halogenated alkanes) is 3. The third kappa shape index (κ3) is 8.89. The Kier molecular flexibility index (Phi) is 10.2. The third-order valence-electron chi connectivity index (χ3n) is 3.28. The zero-order valence-electron chi connectivity index (χ0n) is 11.0. The summed E-state index contributed by atoms with van der Waals surface area (Å²) in [6.07, 6.45) is 13.3. The highest BCUT2D eigenvalue weighted by Crippen LogP contribution is 2.19. The molecule has 1 aliphatic rings. The second-order valence-electron chi connectivity index (χ2n) is 4.87. The molecule has 3 N–H and O–H groups in total. The molecule has 1 rings (SSSR count). The van der Waals surface area contributed by atoms with Crippen molar-refractivity contribution >= 4 is 11.9 Å². The molecule has 3 nitrogen and oxygen atoms in total. The van der Waals surface area contributed by atoms with E-state index >= 15 is 0 Å². The van der Waals surface area contributed by atoms with Crippen molar-refractivity contribution in [1.29, 1.82) is 0 Å². The van der Waals surface area contributed by atoms with E-state index in [9.17, 15) is 0 Å². The lowest BCUT2D eigenvalue weighted by Crippen LogP contribution is -2.18. The average Bonchev–Trinajstić information content (AvgIpc) is 2.61. The minimum absolute atomic E-state index is 0.447. The molecule has 0 aliphatic heterocycles. The quantitative estimate of drug-likeness (QED) is 0.289. The molecule has 0 saturated heterocycles. The molecule has 0 atom stereocenters. The second kappa shape index (κ2) is 11.3. The van der Waals surface area contributed by atoms with Gasteiger partial charge in [0.25, 0.3) is 0 Å². The predicted octanol–water partition coefficient (Wildman–Crippen LogP) is 3.40. The van der Waals surface area contributed by atoms with Gasteiger partial charge >= 0.3 is 0 Å². The van der Waals surface area contributed by atoms with E-state index in [0.717, 1.165) is 18.7 Å². The topological polar surface area (TPSA) is 47.3 Å². The van der Waals surface area contributed by atoms with Gasteiger partial charge < -0.3 is 5.73 Å². The lowest BCUT2D eigenvalue weighted by molar-refractivity contribution is 0.0142. The van der Waals surface area contributed by atoms with Crippen molar-refractivity contribution < 1.29 is 4.84 Å². The van der Waals surface area contributed by atoms with Crippen molar-refractivity contribution in [3.05, 3.63) is 0 Å². The van der Waals surface area contributed by atoms with Crippen LogP contribution in [0, 0.1) is 0 Å². The third-order valence-corrected chi connectivity index (χ3v) is 3.98. The largest absolute Gasteiger partial charge is 0.330 e. The maximum Gasteiger partial charge on any atom is 0.0801 e. The Labute approximate surface area is 110 Å². The minimum atomic E-state index is 0.447. The highest BCUT2D eigenvalue weighted by molar-refractivity contribution is 7.97. The molecule has 0 bridgehead atoms. The summed E-state index contributed by atoms with van der Waals surface area (Å²) in [5.74, 6) is 1.14. The SMILES string of the molecule is NCCCCCCSNOC1CCCCCC1. The van der Waals surface area contributed by atoms with Crippen LogP contribution in [0.1, 0.15) is 64.2 Å². The molecule has 0 radical (unpaired) electrons. The molecule has 1 saturated carbocycles. The van der Waals surface area contributed by atoms with Crippen LogP contribution in [0.25, 0.3) is 0 Å². The summed E-state index contributed by atoms with van der Waals surface area (Å²) in [6, 6.07) is 0. The van der Waals surface area contributed by atoms with Crippen LogP contribution in [0.5, 0.6) is 0 Å². The van der Waals surface area contributed by atoms with Gasteiger partial charge in [-0.3, -0.25) is 4.84 Å². The second-order valence-corrected chi connectivity index (χ2v) is 5.73. The molecule has 4 heteroatoms. The van der Waals surface area contributed by atoms with E-state index < -0.39 is 0 Å². The molecule has 0 amide bonds. The van der Waals surface area contributed by atoms with Crippen LogP contribution in [0.4, 0.5) is 0 Å². The molecule has 102 valence electrons. The minimum Gasteiger partial charge on any atom is -0.330 e. The first kappa shape index (κ1) is 15.3. The van der Waals surface area contributed by atoms with Gasteiger partial charge in [0.05, 0.1) is 6.10 Å². The zero-order valence-corrected chi connectivity index (χ0v) is 11.8. The first-order valence-corrected chi connectivity index (χ1v) is 8.14. The molecular weight excluding hydrogens is 232 g/mol. The van der Waals surface area contributed by atoms with Crippen molar-refractivity contribution in [2.24, 2.45) is 5.73 Å². The van der Waals surface area contributed by atoms with E-state index in [2.05, 4.69) is 4.89 Å². The number of nitrogens with one attached hydrogen (secondary N) is 1. The fourth-order valence-corrected chi connectivity index (χ4v) is 2.81. The van der Waals surface area contributed by atoms with Crippen LogP contribution in [-0.4, -0.2) is 18.4 Å². The Bertz CT molecular complexity index is 161. The van der Waals surface area contributed by atoms with Crippen LogP contribution in [-0.2, 0) is 4.84 Å². The zero-order chi connectivity index (χ0) is 12.2. The summed E-state index contributed by atoms with van der Waals surface area (Å²) < 4.78 is 0. The van der Waals surface area contributed by atoms with Crippen molar-refractivity contribution in [2.45, 2.75) is 70.3 Å². The standard InChI is InChI=1S/C13H28N2OS/c14-11-7-3-4-8-12-17-15-16-13-9-5-1-2-6-10-13/h13,15H,1-12,14H2.